The average Bonchev–Trinajstić information content (AvgIpc) is 2.83. The van der Waals surface area contributed by atoms with E-state index in [1.807, 2.05) is 0 Å². The Morgan fingerprint density at radius 1 is 0.829 bits per heavy atom. The van der Waals surface area contributed by atoms with Gasteiger partial charge in [0.2, 0.25) is 0 Å². The van der Waals surface area contributed by atoms with Crippen LogP contribution in [0.25, 0.3) is 11.1 Å². The number of carbonyl (C=O) groups excluding carboxylic acids is 1. The Kier molecular flexibility index (Phi) is 6.48. The van der Waals surface area contributed by atoms with Gasteiger partial charge >= 0.3 is 0 Å². The molecule has 6 nitrogen and oxygen atoms in total. The maximum absolute atomic E-state index is 14.0. The van der Waals surface area contributed by atoms with Crippen molar-refractivity contribution in [2.75, 3.05) is 10.0 Å². The molecule has 35 heavy (non-hydrogen) atoms. The van der Waals surface area contributed by atoms with E-state index in [-0.39, 0.29) is 27.4 Å². The van der Waals surface area contributed by atoms with Gasteiger partial charge in [0.25, 0.3) is 15.9 Å². The van der Waals surface area contributed by atoms with Gasteiger partial charge in [-0.25, -0.2) is 21.6 Å². The van der Waals surface area contributed by atoms with E-state index in [1.54, 1.807) is 0 Å². The van der Waals surface area contributed by atoms with Crippen molar-refractivity contribution in [1.29, 1.82) is 0 Å². The van der Waals surface area contributed by atoms with Crippen LogP contribution in [0.3, 0.4) is 0 Å². The molecule has 0 saturated carbocycles. The summed E-state index contributed by atoms with van der Waals surface area (Å²) in [5.74, 6) is -3.54. The maximum Gasteiger partial charge on any atom is 0.262 e. The zero-order valence-corrected chi connectivity index (χ0v) is 18.6. The number of hydrogen-bond donors (Lipinski definition) is 3. The van der Waals surface area contributed by atoms with Crippen LogP contribution in [0.4, 0.5) is 24.5 Å². The highest BCUT2D eigenvalue weighted by atomic mass is 32.2. The maximum atomic E-state index is 14.0. The number of carbonyl (C=O) groups is 1. The Morgan fingerprint density at radius 2 is 1.51 bits per heavy atom. The number of hydrogen-bond acceptors (Lipinski definition) is 4. The van der Waals surface area contributed by atoms with Gasteiger partial charge in [-0.15, -0.1) is 0 Å². The number of sulfonamides is 1. The number of benzene rings is 4. The van der Waals surface area contributed by atoms with Gasteiger partial charge in [-0.2, -0.15) is 0 Å². The third-order valence-electron chi connectivity index (χ3n) is 5.03. The SMILES string of the molecule is O=C(Nc1ccc(O)c(NS(=O)(=O)c2ccc(F)cc2)c1)c1ccc(-c2cccc(F)c2F)cc1. The van der Waals surface area contributed by atoms with Crippen molar-refractivity contribution in [2.24, 2.45) is 0 Å². The van der Waals surface area contributed by atoms with Crippen LogP contribution in [0, 0.1) is 17.5 Å². The van der Waals surface area contributed by atoms with E-state index in [0.29, 0.717) is 5.56 Å². The zero-order chi connectivity index (χ0) is 25.2. The predicted octanol–water partition coefficient (Wildman–Crippen LogP) is 5.53. The van der Waals surface area contributed by atoms with E-state index in [0.717, 1.165) is 30.3 Å². The number of amides is 1. The first-order valence-electron chi connectivity index (χ1n) is 10.1. The van der Waals surface area contributed by atoms with Crippen molar-refractivity contribution >= 4 is 27.3 Å². The second-order valence-corrected chi connectivity index (χ2v) is 9.11. The van der Waals surface area contributed by atoms with Crippen LogP contribution in [-0.2, 0) is 10.0 Å². The lowest BCUT2D eigenvalue weighted by atomic mass is 10.0. The van der Waals surface area contributed by atoms with Crippen molar-refractivity contribution in [3.63, 3.8) is 0 Å². The molecule has 0 aliphatic carbocycles. The van der Waals surface area contributed by atoms with Gasteiger partial charge in [0.15, 0.2) is 11.6 Å². The monoisotopic (exact) mass is 498 g/mol. The number of nitrogens with one attached hydrogen (secondary N) is 2. The zero-order valence-electron chi connectivity index (χ0n) is 17.8. The van der Waals surface area contributed by atoms with Crippen molar-refractivity contribution in [1.82, 2.24) is 0 Å². The van der Waals surface area contributed by atoms with E-state index < -0.39 is 39.1 Å². The predicted molar refractivity (Wildman–Crippen MR) is 125 cm³/mol. The van der Waals surface area contributed by atoms with Gasteiger partial charge in [0, 0.05) is 16.8 Å². The van der Waals surface area contributed by atoms with E-state index in [2.05, 4.69) is 10.0 Å². The molecule has 0 atom stereocenters. The molecule has 178 valence electrons. The molecule has 0 aliphatic heterocycles. The van der Waals surface area contributed by atoms with E-state index in [1.165, 1.54) is 54.6 Å². The molecule has 0 saturated heterocycles. The summed E-state index contributed by atoms with van der Waals surface area (Å²) in [6.45, 7) is 0. The molecular formula is C25H17F3N2O4S. The summed E-state index contributed by atoms with van der Waals surface area (Å²) in [5, 5.41) is 12.6. The first-order valence-corrected chi connectivity index (χ1v) is 11.6. The minimum Gasteiger partial charge on any atom is -0.506 e. The molecule has 4 aromatic carbocycles. The number of anilines is 2. The minimum absolute atomic E-state index is 0.0496. The van der Waals surface area contributed by atoms with Gasteiger partial charge in [-0.3, -0.25) is 9.52 Å². The molecule has 0 aliphatic rings. The third kappa shape index (κ3) is 5.28. The number of phenols is 1. The largest absolute Gasteiger partial charge is 0.506 e. The van der Waals surface area contributed by atoms with Crippen molar-refractivity contribution in [3.05, 3.63) is 108 Å². The fraction of sp³-hybridized carbons (Fsp3) is 0. The summed E-state index contributed by atoms with van der Waals surface area (Å²) in [5.41, 5.74) is 0.593. The van der Waals surface area contributed by atoms with Gasteiger partial charge in [-0.1, -0.05) is 24.3 Å². The van der Waals surface area contributed by atoms with E-state index in [4.69, 9.17) is 0 Å². The Morgan fingerprint density at radius 3 is 2.20 bits per heavy atom. The van der Waals surface area contributed by atoms with Gasteiger partial charge in [0.1, 0.15) is 11.6 Å². The molecule has 4 aromatic rings. The molecule has 0 radical (unpaired) electrons. The first kappa shape index (κ1) is 23.8. The van der Waals surface area contributed by atoms with Crippen molar-refractivity contribution in [3.8, 4) is 16.9 Å². The highest BCUT2D eigenvalue weighted by Gasteiger charge is 2.17. The highest BCUT2D eigenvalue weighted by Crippen LogP contribution is 2.30. The lowest BCUT2D eigenvalue weighted by Gasteiger charge is -2.12. The van der Waals surface area contributed by atoms with Gasteiger partial charge < -0.3 is 10.4 Å². The molecule has 0 bridgehead atoms. The molecule has 0 aromatic heterocycles. The average molecular weight is 498 g/mol. The molecule has 0 heterocycles. The molecule has 0 unspecified atom stereocenters. The summed E-state index contributed by atoms with van der Waals surface area (Å²) in [7, 11) is -4.13. The summed E-state index contributed by atoms with van der Waals surface area (Å²) in [6, 6.07) is 17.4. The Labute approximate surface area is 198 Å². The second-order valence-electron chi connectivity index (χ2n) is 7.42. The molecule has 3 N–H and O–H groups in total. The molecule has 4 rings (SSSR count). The van der Waals surface area contributed by atoms with Crippen LogP contribution in [0.15, 0.2) is 89.8 Å². The fourth-order valence-electron chi connectivity index (χ4n) is 3.24. The van der Waals surface area contributed by atoms with Crippen LogP contribution in [-0.4, -0.2) is 19.4 Å². The van der Waals surface area contributed by atoms with Gasteiger partial charge in [0.05, 0.1) is 10.6 Å². The lowest BCUT2D eigenvalue weighted by molar-refractivity contribution is 0.102. The number of aromatic hydroxyl groups is 1. The van der Waals surface area contributed by atoms with Crippen LogP contribution in [0.1, 0.15) is 10.4 Å². The van der Waals surface area contributed by atoms with Crippen molar-refractivity contribution in [2.45, 2.75) is 4.90 Å². The lowest BCUT2D eigenvalue weighted by Crippen LogP contribution is -2.14. The minimum atomic E-state index is -4.13. The Balaban J connectivity index is 1.52. The molecule has 0 fully saturated rings. The van der Waals surface area contributed by atoms with Gasteiger partial charge in [-0.05, 0) is 66.2 Å². The summed E-state index contributed by atoms with van der Waals surface area (Å²) >= 11 is 0. The standard InChI is InChI=1S/C25H17F3N2O4S/c26-17-8-11-19(12-9-17)35(33,34)30-22-14-18(10-13-23(22)31)29-25(32)16-6-4-15(5-7-16)20-2-1-3-21(27)24(20)28/h1-14,30-31H,(H,29,32). The molecule has 10 heteroatoms. The smallest absolute Gasteiger partial charge is 0.262 e. The van der Waals surface area contributed by atoms with Crippen molar-refractivity contribution < 1.29 is 31.5 Å². The summed E-state index contributed by atoms with van der Waals surface area (Å²) < 4.78 is 67.8. The second kappa shape index (κ2) is 9.51. The van der Waals surface area contributed by atoms with E-state index >= 15 is 0 Å². The van der Waals surface area contributed by atoms with Crippen LogP contribution >= 0.6 is 0 Å². The number of rotatable bonds is 6. The normalized spacial score (nSPS) is 11.2. The van der Waals surface area contributed by atoms with Crippen LogP contribution in [0.5, 0.6) is 5.75 Å². The molecule has 1 amide bonds. The highest BCUT2D eigenvalue weighted by molar-refractivity contribution is 7.92. The molecular weight excluding hydrogens is 481 g/mol. The topological polar surface area (TPSA) is 95.5 Å². The number of phenolic OH excluding ortho intramolecular Hbond substituents is 1. The fourth-order valence-corrected chi connectivity index (χ4v) is 4.31. The first-order chi connectivity index (χ1) is 16.6. The summed E-state index contributed by atoms with van der Waals surface area (Å²) in [6.07, 6.45) is 0. The quantitative estimate of drug-likeness (QED) is 0.241. The Hall–Kier alpha value is -4.31. The summed E-state index contributed by atoms with van der Waals surface area (Å²) in [4.78, 5) is 12.4. The molecule has 0 spiro atoms. The Bertz CT molecular complexity index is 1510. The number of halogens is 3. The third-order valence-corrected chi connectivity index (χ3v) is 6.41. The van der Waals surface area contributed by atoms with Crippen LogP contribution in [0.2, 0.25) is 0 Å². The van der Waals surface area contributed by atoms with Crippen LogP contribution < -0.4 is 10.0 Å². The van der Waals surface area contributed by atoms with E-state index in [9.17, 15) is 31.5 Å².